The molecule has 0 fully saturated rings. The van der Waals surface area contributed by atoms with Crippen molar-refractivity contribution in [3.63, 3.8) is 0 Å². The van der Waals surface area contributed by atoms with Gasteiger partial charge in [-0.1, -0.05) is 6.07 Å². The molecule has 0 spiro atoms. The Morgan fingerprint density at radius 1 is 1.62 bits per heavy atom. The molecular formula is C11H17N3O2. The monoisotopic (exact) mass is 223 g/mol. The highest BCUT2D eigenvalue weighted by Gasteiger charge is 2.05. The molecule has 88 valence electrons. The van der Waals surface area contributed by atoms with Crippen LogP contribution < -0.4 is 10.6 Å². The molecule has 5 heteroatoms. The first-order valence-corrected chi connectivity index (χ1v) is 5.26. The number of carbonyl (C=O) groups is 1. The van der Waals surface area contributed by atoms with E-state index in [-0.39, 0.29) is 18.7 Å². The van der Waals surface area contributed by atoms with Gasteiger partial charge in [-0.2, -0.15) is 0 Å². The van der Waals surface area contributed by atoms with Gasteiger partial charge in [-0.15, -0.1) is 0 Å². The molecule has 0 radical (unpaired) electrons. The van der Waals surface area contributed by atoms with Gasteiger partial charge in [-0.05, 0) is 25.0 Å². The first-order valence-electron chi connectivity index (χ1n) is 5.26. The maximum atomic E-state index is 11.4. The lowest BCUT2D eigenvalue weighted by Gasteiger charge is -2.13. The zero-order chi connectivity index (χ0) is 11.8. The summed E-state index contributed by atoms with van der Waals surface area (Å²) in [6.45, 7) is 2.37. The van der Waals surface area contributed by atoms with Crippen LogP contribution in [0.15, 0.2) is 24.5 Å². The molecule has 1 heterocycles. The molecular weight excluding hydrogens is 206 g/mol. The zero-order valence-electron chi connectivity index (χ0n) is 9.31. The normalized spacial score (nSPS) is 11.9. The van der Waals surface area contributed by atoms with Crippen LogP contribution in [0.4, 0.5) is 4.79 Å². The van der Waals surface area contributed by atoms with Crippen LogP contribution >= 0.6 is 0 Å². The molecule has 0 unspecified atom stereocenters. The minimum Gasteiger partial charge on any atom is -0.396 e. The summed E-state index contributed by atoms with van der Waals surface area (Å²) in [5.41, 5.74) is 0.951. The highest BCUT2D eigenvalue weighted by atomic mass is 16.3. The number of pyridine rings is 1. The van der Waals surface area contributed by atoms with Crippen LogP contribution in [0, 0.1) is 0 Å². The number of hydrogen-bond donors (Lipinski definition) is 3. The average molecular weight is 223 g/mol. The van der Waals surface area contributed by atoms with Gasteiger partial charge in [-0.25, -0.2) is 4.79 Å². The van der Waals surface area contributed by atoms with Crippen LogP contribution in [0.5, 0.6) is 0 Å². The summed E-state index contributed by atoms with van der Waals surface area (Å²) in [6.07, 6.45) is 3.95. The van der Waals surface area contributed by atoms with Crippen molar-refractivity contribution in [2.75, 3.05) is 6.61 Å². The molecule has 1 aromatic heterocycles. The zero-order valence-corrected chi connectivity index (χ0v) is 9.31. The maximum absolute atomic E-state index is 11.4. The number of nitrogens with zero attached hydrogens (tertiary/aromatic N) is 1. The van der Waals surface area contributed by atoms with Crippen molar-refractivity contribution in [2.24, 2.45) is 0 Å². The summed E-state index contributed by atoms with van der Waals surface area (Å²) in [6, 6.07) is 3.46. The van der Waals surface area contributed by atoms with Gasteiger partial charge in [0.1, 0.15) is 0 Å². The molecule has 16 heavy (non-hydrogen) atoms. The maximum Gasteiger partial charge on any atom is 0.315 e. The average Bonchev–Trinajstić information content (AvgIpc) is 2.28. The van der Waals surface area contributed by atoms with Gasteiger partial charge >= 0.3 is 6.03 Å². The molecule has 0 bridgehead atoms. The van der Waals surface area contributed by atoms with Gasteiger partial charge in [0.2, 0.25) is 0 Å². The van der Waals surface area contributed by atoms with Crippen molar-refractivity contribution in [3.8, 4) is 0 Å². The van der Waals surface area contributed by atoms with E-state index in [0.717, 1.165) is 5.56 Å². The lowest BCUT2D eigenvalue weighted by molar-refractivity contribution is 0.230. The van der Waals surface area contributed by atoms with Crippen LogP contribution in [-0.2, 0) is 6.54 Å². The number of rotatable bonds is 5. The number of carbonyl (C=O) groups excluding carboxylic acids is 1. The van der Waals surface area contributed by atoms with Crippen molar-refractivity contribution in [3.05, 3.63) is 30.1 Å². The van der Waals surface area contributed by atoms with E-state index in [4.69, 9.17) is 5.11 Å². The number of amides is 2. The second-order valence-electron chi connectivity index (χ2n) is 3.60. The second-order valence-corrected chi connectivity index (χ2v) is 3.60. The summed E-state index contributed by atoms with van der Waals surface area (Å²) in [5, 5.41) is 14.1. The molecule has 0 aromatic carbocycles. The van der Waals surface area contributed by atoms with Crippen molar-refractivity contribution in [2.45, 2.75) is 25.9 Å². The minimum absolute atomic E-state index is 0.0288. The summed E-state index contributed by atoms with van der Waals surface area (Å²) in [7, 11) is 0. The van der Waals surface area contributed by atoms with E-state index in [1.807, 2.05) is 19.1 Å². The van der Waals surface area contributed by atoms with Crippen LogP contribution in [0.25, 0.3) is 0 Å². The molecule has 2 amide bonds. The Labute approximate surface area is 94.9 Å². The Morgan fingerprint density at radius 3 is 3.06 bits per heavy atom. The summed E-state index contributed by atoms with van der Waals surface area (Å²) in [5.74, 6) is 0. The van der Waals surface area contributed by atoms with E-state index >= 15 is 0 Å². The van der Waals surface area contributed by atoms with Crippen LogP contribution in [-0.4, -0.2) is 28.8 Å². The van der Waals surface area contributed by atoms with Crippen LogP contribution in [0.2, 0.25) is 0 Å². The Kier molecular flexibility index (Phi) is 5.28. The van der Waals surface area contributed by atoms with E-state index < -0.39 is 0 Å². The number of hydrogen-bond acceptors (Lipinski definition) is 3. The van der Waals surface area contributed by atoms with Crippen LogP contribution in [0.1, 0.15) is 18.9 Å². The van der Waals surface area contributed by atoms with Gasteiger partial charge in [-0.3, -0.25) is 4.98 Å². The molecule has 1 rings (SSSR count). The van der Waals surface area contributed by atoms with E-state index in [1.54, 1.807) is 12.4 Å². The van der Waals surface area contributed by atoms with Crippen LogP contribution in [0.3, 0.4) is 0 Å². The summed E-state index contributed by atoms with van der Waals surface area (Å²) >= 11 is 0. The fourth-order valence-electron chi connectivity index (χ4n) is 1.23. The second kappa shape index (κ2) is 6.79. The molecule has 1 aromatic rings. The largest absolute Gasteiger partial charge is 0.396 e. The lowest BCUT2D eigenvalue weighted by Crippen LogP contribution is -2.40. The molecule has 3 N–H and O–H groups in total. The standard InChI is InChI=1S/C11H17N3O2/c1-9(4-6-15)14-11(16)13-8-10-3-2-5-12-7-10/h2-3,5,7,9,15H,4,6,8H2,1H3,(H2,13,14,16)/t9-/m1/s1. The first-order chi connectivity index (χ1) is 7.72. The Bertz CT molecular complexity index is 316. The molecule has 0 aliphatic heterocycles. The quantitative estimate of drug-likeness (QED) is 0.686. The smallest absolute Gasteiger partial charge is 0.315 e. The number of aromatic nitrogens is 1. The first kappa shape index (κ1) is 12.4. The van der Waals surface area contributed by atoms with E-state index in [0.29, 0.717) is 13.0 Å². The van der Waals surface area contributed by atoms with Gasteiger partial charge < -0.3 is 15.7 Å². The van der Waals surface area contributed by atoms with Gasteiger partial charge in [0.05, 0.1) is 0 Å². The molecule has 1 atom stereocenters. The van der Waals surface area contributed by atoms with Gasteiger partial charge in [0.25, 0.3) is 0 Å². The van der Waals surface area contributed by atoms with E-state index in [1.165, 1.54) is 0 Å². The highest BCUT2D eigenvalue weighted by Crippen LogP contribution is 1.94. The van der Waals surface area contributed by atoms with E-state index in [2.05, 4.69) is 15.6 Å². The number of urea groups is 1. The Hall–Kier alpha value is -1.62. The third-order valence-electron chi connectivity index (χ3n) is 2.12. The topological polar surface area (TPSA) is 74.2 Å². The third kappa shape index (κ3) is 4.75. The molecule has 0 aliphatic rings. The Balaban J connectivity index is 2.25. The molecule has 0 saturated carbocycles. The van der Waals surface area contributed by atoms with Crippen molar-refractivity contribution in [1.82, 2.24) is 15.6 Å². The van der Waals surface area contributed by atoms with Crippen molar-refractivity contribution >= 4 is 6.03 Å². The SMILES string of the molecule is C[C@H](CCO)NC(=O)NCc1cccnc1. The molecule has 0 saturated heterocycles. The summed E-state index contributed by atoms with van der Waals surface area (Å²) < 4.78 is 0. The fraction of sp³-hybridized carbons (Fsp3) is 0.455. The predicted octanol–water partition coefficient (Wildman–Crippen LogP) is 0.652. The number of aliphatic hydroxyl groups is 1. The summed E-state index contributed by atoms with van der Waals surface area (Å²) in [4.78, 5) is 15.3. The van der Waals surface area contributed by atoms with Crippen molar-refractivity contribution in [1.29, 1.82) is 0 Å². The number of nitrogens with one attached hydrogen (secondary N) is 2. The van der Waals surface area contributed by atoms with Crippen molar-refractivity contribution < 1.29 is 9.90 Å². The highest BCUT2D eigenvalue weighted by molar-refractivity contribution is 5.74. The molecule has 0 aliphatic carbocycles. The predicted molar refractivity (Wildman–Crippen MR) is 60.8 cm³/mol. The lowest BCUT2D eigenvalue weighted by atomic mass is 10.2. The van der Waals surface area contributed by atoms with E-state index in [9.17, 15) is 4.79 Å². The number of aliphatic hydroxyl groups excluding tert-OH is 1. The third-order valence-corrected chi connectivity index (χ3v) is 2.12. The van der Waals surface area contributed by atoms with Gasteiger partial charge in [0.15, 0.2) is 0 Å². The minimum atomic E-state index is -0.232. The van der Waals surface area contributed by atoms with Gasteiger partial charge in [0, 0.05) is 31.6 Å². The Morgan fingerprint density at radius 2 is 2.44 bits per heavy atom. The molecule has 5 nitrogen and oxygen atoms in total. The fourth-order valence-corrected chi connectivity index (χ4v) is 1.23.